The van der Waals surface area contributed by atoms with Crippen LogP contribution in [0, 0.1) is 5.92 Å². The average molecular weight is 280 g/mol. The number of unbranched alkanes of at least 4 members (excludes halogenated alkanes) is 2. The number of nitrogens with one attached hydrogen (secondary N) is 1. The Bertz CT molecular complexity index is 425. The van der Waals surface area contributed by atoms with Crippen molar-refractivity contribution in [3.63, 3.8) is 0 Å². The lowest BCUT2D eigenvalue weighted by atomic mass is 9.99. The summed E-state index contributed by atoms with van der Waals surface area (Å²) in [6.45, 7) is 4.00. The molecule has 1 fully saturated rings. The first kappa shape index (κ1) is 14.1. The number of thiophene rings is 1. The van der Waals surface area contributed by atoms with Crippen LogP contribution in [0.3, 0.4) is 0 Å². The van der Waals surface area contributed by atoms with E-state index in [-0.39, 0.29) is 17.7 Å². The van der Waals surface area contributed by atoms with Crippen molar-refractivity contribution in [1.29, 1.82) is 0 Å². The van der Waals surface area contributed by atoms with Crippen molar-refractivity contribution in [1.82, 2.24) is 10.2 Å². The molecule has 1 aliphatic rings. The van der Waals surface area contributed by atoms with Crippen LogP contribution in [0.15, 0.2) is 17.5 Å². The molecule has 1 aliphatic heterocycles. The van der Waals surface area contributed by atoms with Gasteiger partial charge in [0.05, 0.1) is 10.8 Å². The van der Waals surface area contributed by atoms with Gasteiger partial charge >= 0.3 is 0 Å². The molecule has 4 nitrogen and oxygen atoms in total. The molecule has 0 atom stereocenters. The van der Waals surface area contributed by atoms with E-state index < -0.39 is 0 Å². The van der Waals surface area contributed by atoms with Gasteiger partial charge in [-0.1, -0.05) is 25.8 Å². The molecule has 5 heteroatoms. The Hall–Kier alpha value is -1.36. The zero-order valence-electron chi connectivity index (χ0n) is 11.2. The molecule has 2 heterocycles. The van der Waals surface area contributed by atoms with Crippen molar-refractivity contribution >= 4 is 23.2 Å². The number of carbonyl (C=O) groups is 2. The van der Waals surface area contributed by atoms with Crippen LogP contribution in [0.25, 0.3) is 0 Å². The minimum Gasteiger partial charge on any atom is -0.356 e. The van der Waals surface area contributed by atoms with Gasteiger partial charge in [-0.2, -0.15) is 0 Å². The monoisotopic (exact) mass is 280 g/mol. The number of likely N-dealkylation sites (tertiary alicyclic amines) is 1. The second-order valence-electron chi connectivity index (χ2n) is 4.88. The van der Waals surface area contributed by atoms with Crippen molar-refractivity contribution in [2.75, 3.05) is 19.6 Å². The van der Waals surface area contributed by atoms with Gasteiger partial charge in [-0.15, -0.1) is 11.3 Å². The van der Waals surface area contributed by atoms with Gasteiger partial charge in [0.25, 0.3) is 5.91 Å². The minimum atomic E-state index is -0.0226. The summed E-state index contributed by atoms with van der Waals surface area (Å²) in [5.74, 6) is 0.113. The molecule has 1 saturated heterocycles. The summed E-state index contributed by atoms with van der Waals surface area (Å²) in [5.41, 5.74) is 0. The molecular formula is C14H20N2O2S. The maximum atomic E-state index is 12.0. The Balaban J connectivity index is 1.68. The highest BCUT2D eigenvalue weighted by atomic mass is 32.1. The summed E-state index contributed by atoms with van der Waals surface area (Å²) >= 11 is 1.45. The maximum Gasteiger partial charge on any atom is 0.263 e. The van der Waals surface area contributed by atoms with Crippen molar-refractivity contribution in [3.05, 3.63) is 22.4 Å². The number of hydrogen-bond donors (Lipinski definition) is 1. The van der Waals surface area contributed by atoms with Crippen LogP contribution in [0.1, 0.15) is 35.9 Å². The lowest BCUT2D eigenvalue weighted by Crippen LogP contribution is -2.55. The van der Waals surface area contributed by atoms with Gasteiger partial charge in [0.1, 0.15) is 0 Å². The molecular weight excluding hydrogens is 260 g/mol. The predicted octanol–water partition coefficient (Wildman–Crippen LogP) is 2.13. The van der Waals surface area contributed by atoms with E-state index in [0.29, 0.717) is 13.1 Å². The lowest BCUT2D eigenvalue weighted by molar-refractivity contribution is -0.128. The lowest BCUT2D eigenvalue weighted by Gasteiger charge is -2.37. The van der Waals surface area contributed by atoms with Crippen molar-refractivity contribution in [2.45, 2.75) is 26.2 Å². The Morgan fingerprint density at radius 1 is 1.42 bits per heavy atom. The fraction of sp³-hybridized carbons (Fsp3) is 0.571. The molecule has 0 saturated carbocycles. The predicted molar refractivity (Wildman–Crippen MR) is 76.2 cm³/mol. The second kappa shape index (κ2) is 6.70. The first-order valence-corrected chi connectivity index (χ1v) is 7.70. The van der Waals surface area contributed by atoms with E-state index in [2.05, 4.69) is 12.2 Å². The molecule has 2 rings (SSSR count). The van der Waals surface area contributed by atoms with Crippen LogP contribution in [-0.4, -0.2) is 36.3 Å². The van der Waals surface area contributed by atoms with Crippen LogP contribution in [0.5, 0.6) is 0 Å². The van der Waals surface area contributed by atoms with Crippen LogP contribution >= 0.6 is 11.3 Å². The fourth-order valence-corrected chi connectivity index (χ4v) is 2.79. The van der Waals surface area contributed by atoms with Crippen molar-refractivity contribution < 1.29 is 9.59 Å². The summed E-state index contributed by atoms with van der Waals surface area (Å²) in [4.78, 5) is 26.2. The third-order valence-electron chi connectivity index (χ3n) is 3.35. The number of hydrogen-bond acceptors (Lipinski definition) is 3. The SMILES string of the molecule is CCCCCNC(=O)C1CN(C(=O)c2cccs2)C1. The zero-order valence-corrected chi connectivity index (χ0v) is 12.0. The molecule has 0 spiro atoms. The summed E-state index contributed by atoms with van der Waals surface area (Å²) in [6, 6.07) is 3.70. The van der Waals surface area contributed by atoms with Gasteiger partial charge in [-0.05, 0) is 17.9 Å². The number of nitrogens with zero attached hydrogens (tertiary/aromatic N) is 1. The van der Waals surface area contributed by atoms with Crippen LogP contribution in [0.4, 0.5) is 0 Å². The third kappa shape index (κ3) is 3.56. The molecule has 104 valence electrons. The van der Waals surface area contributed by atoms with E-state index in [1.54, 1.807) is 4.90 Å². The number of amides is 2. The standard InChI is InChI=1S/C14H20N2O2S/c1-2-3-4-7-15-13(17)11-9-16(10-11)14(18)12-6-5-8-19-12/h5-6,8,11H,2-4,7,9-10H2,1H3,(H,15,17). The molecule has 1 aromatic rings. The average Bonchev–Trinajstić information content (AvgIpc) is 2.86. The summed E-state index contributed by atoms with van der Waals surface area (Å²) < 4.78 is 0. The van der Waals surface area contributed by atoms with E-state index >= 15 is 0 Å². The molecule has 19 heavy (non-hydrogen) atoms. The molecule has 0 aromatic carbocycles. The largest absolute Gasteiger partial charge is 0.356 e. The Labute approximate surface area is 117 Å². The van der Waals surface area contributed by atoms with Gasteiger partial charge in [0, 0.05) is 19.6 Å². The quantitative estimate of drug-likeness (QED) is 0.812. The van der Waals surface area contributed by atoms with E-state index in [0.717, 1.165) is 30.7 Å². The minimum absolute atomic E-state index is 0.0226. The maximum absolute atomic E-state index is 12.0. The van der Waals surface area contributed by atoms with E-state index in [1.807, 2.05) is 17.5 Å². The van der Waals surface area contributed by atoms with E-state index in [1.165, 1.54) is 11.3 Å². The topological polar surface area (TPSA) is 49.4 Å². The van der Waals surface area contributed by atoms with E-state index in [4.69, 9.17) is 0 Å². The van der Waals surface area contributed by atoms with Gasteiger partial charge in [-0.3, -0.25) is 9.59 Å². The Morgan fingerprint density at radius 3 is 2.84 bits per heavy atom. The van der Waals surface area contributed by atoms with Gasteiger partial charge < -0.3 is 10.2 Å². The van der Waals surface area contributed by atoms with Gasteiger partial charge in [0.15, 0.2) is 0 Å². The first-order valence-electron chi connectivity index (χ1n) is 6.83. The Kier molecular flexibility index (Phi) is 4.96. The third-order valence-corrected chi connectivity index (χ3v) is 4.21. The summed E-state index contributed by atoms with van der Waals surface area (Å²) in [7, 11) is 0. The molecule has 1 aromatic heterocycles. The van der Waals surface area contributed by atoms with Crippen LogP contribution in [0.2, 0.25) is 0 Å². The zero-order chi connectivity index (χ0) is 13.7. The van der Waals surface area contributed by atoms with Gasteiger partial charge in [0.2, 0.25) is 5.91 Å². The first-order chi connectivity index (χ1) is 9.22. The number of carbonyl (C=O) groups excluding carboxylic acids is 2. The van der Waals surface area contributed by atoms with Crippen molar-refractivity contribution in [2.24, 2.45) is 5.92 Å². The molecule has 0 radical (unpaired) electrons. The van der Waals surface area contributed by atoms with Crippen LogP contribution in [-0.2, 0) is 4.79 Å². The van der Waals surface area contributed by atoms with Gasteiger partial charge in [-0.25, -0.2) is 0 Å². The fourth-order valence-electron chi connectivity index (χ4n) is 2.10. The molecule has 0 bridgehead atoms. The van der Waals surface area contributed by atoms with Crippen molar-refractivity contribution in [3.8, 4) is 0 Å². The normalized spacial score (nSPS) is 15.1. The summed E-state index contributed by atoms with van der Waals surface area (Å²) in [5, 5.41) is 4.83. The molecule has 0 unspecified atom stereocenters. The molecule has 2 amide bonds. The smallest absolute Gasteiger partial charge is 0.263 e. The number of rotatable bonds is 6. The highest BCUT2D eigenvalue weighted by Gasteiger charge is 2.35. The van der Waals surface area contributed by atoms with E-state index in [9.17, 15) is 9.59 Å². The van der Waals surface area contributed by atoms with Crippen LogP contribution < -0.4 is 5.32 Å². The Morgan fingerprint density at radius 2 is 2.21 bits per heavy atom. The summed E-state index contributed by atoms with van der Waals surface area (Å²) in [6.07, 6.45) is 3.34. The highest BCUT2D eigenvalue weighted by molar-refractivity contribution is 7.12. The molecule has 0 aliphatic carbocycles. The second-order valence-corrected chi connectivity index (χ2v) is 5.83. The highest BCUT2D eigenvalue weighted by Crippen LogP contribution is 2.21. The molecule has 1 N–H and O–H groups in total.